The quantitative estimate of drug-likeness (QED) is 0.523. The Kier molecular flexibility index (Phi) is 5.75. The predicted molar refractivity (Wildman–Crippen MR) is 102 cm³/mol. The fourth-order valence-electron chi connectivity index (χ4n) is 2.61. The predicted octanol–water partition coefficient (Wildman–Crippen LogP) is 2.22. The molecule has 27 heavy (non-hydrogen) atoms. The van der Waals surface area contributed by atoms with Crippen LogP contribution in [0.3, 0.4) is 0 Å². The van der Waals surface area contributed by atoms with E-state index < -0.39 is 24.1 Å². The van der Waals surface area contributed by atoms with Crippen molar-refractivity contribution in [1.29, 1.82) is 0 Å². The highest BCUT2D eigenvalue weighted by Gasteiger charge is 2.28. The zero-order valence-corrected chi connectivity index (χ0v) is 16.2. The molecule has 0 spiro atoms. The number of carbonyl (C=O) groups is 3. The van der Waals surface area contributed by atoms with Crippen molar-refractivity contribution in [1.82, 2.24) is 10.6 Å². The molecule has 5 N–H and O–H groups in total. The second kappa shape index (κ2) is 8.05. The van der Waals surface area contributed by atoms with Crippen molar-refractivity contribution in [3.63, 3.8) is 0 Å². The Morgan fingerprint density at radius 3 is 2.85 bits per heavy atom. The normalized spacial score (nSPS) is 15.4. The van der Waals surface area contributed by atoms with Crippen molar-refractivity contribution in [3.8, 4) is 0 Å². The minimum atomic E-state index is -0.847. The van der Waals surface area contributed by atoms with Gasteiger partial charge in [-0.15, -0.1) is 22.7 Å². The van der Waals surface area contributed by atoms with Crippen molar-refractivity contribution in [2.24, 2.45) is 0 Å². The highest BCUT2D eigenvalue weighted by Crippen LogP contribution is 2.38. The average molecular weight is 410 g/mol. The molecule has 11 heteroatoms. The molecule has 3 amide bonds. The van der Waals surface area contributed by atoms with Crippen LogP contribution in [0.5, 0.6) is 0 Å². The number of nitrogens with one attached hydrogen (secondary N) is 4. The zero-order chi connectivity index (χ0) is 19.6. The number of imide groups is 1. The van der Waals surface area contributed by atoms with Gasteiger partial charge in [0.1, 0.15) is 11.2 Å². The molecule has 0 saturated carbocycles. The Bertz CT molecular complexity index is 892. The van der Waals surface area contributed by atoms with Crippen LogP contribution >= 0.6 is 22.7 Å². The van der Waals surface area contributed by atoms with Gasteiger partial charge in [0.15, 0.2) is 0 Å². The van der Waals surface area contributed by atoms with E-state index in [1.165, 1.54) is 17.4 Å². The molecule has 1 aliphatic heterocycles. The van der Waals surface area contributed by atoms with Gasteiger partial charge in [-0.3, -0.25) is 20.2 Å². The number of rotatable bonds is 4. The van der Waals surface area contributed by atoms with Crippen molar-refractivity contribution >= 4 is 50.6 Å². The van der Waals surface area contributed by atoms with Crippen LogP contribution in [0.4, 0.5) is 14.8 Å². The lowest BCUT2D eigenvalue weighted by atomic mass is 10.1. The number of fused-ring (bicyclic) bond motifs is 1. The standard InChI is InChI=1S/C16H18N4O5S2/c1-3-25-16(24)20-11(21)8-4-5-26-14(8)19-13(23)10-7(2)9-12(22)17-6-18-15(9)27-10/h4-5,12,17-18,22H,3,6H2,1-2H3,(H,19,23)(H,20,21,24). The first-order valence-electron chi connectivity index (χ1n) is 8.08. The third kappa shape index (κ3) is 3.95. The van der Waals surface area contributed by atoms with E-state index in [1.807, 2.05) is 0 Å². The van der Waals surface area contributed by atoms with E-state index in [2.05, 4.69) is 26.0 Å². The largest absolute Gasteiger partial charge is 0.450 e. The number of amides is 3. The molecular weight excluding hydrogens is 392 g/mol. The number of ether oxygens (including phenoxy) is 1. The maximum Gasteiger partial charge on any atom is 0.414 e. The van der Waals surface area contributed by atoms with Crippen LogP contribution in [0.2, 0.25) is 0 Å². The molecule has 1 atom stereocenters. The van der Waals surface area contributed by atoms with Gasteiger partial charge < -0.3 is 20.5 Å². The molecule has 1 aliphatic rings. The van der Waals surface area contributed by atoms with Crippen LogP contribution in [-0.2, 0) is 4.74 Å². The number of aliphatic hydroxyl groups is 1. The Morgan fingerprint density at radius 1 is 1.37 bits per heavy atom. The maximum absolute atomic E-state index is 12.7. The van der Waals surface area contributed by atoms with Crippen molar-refractivity contribution in [2.45, 2.75) is 20.1 Å². The Morgan fingerprint density at radius 2 is 2.15 bits per heavy atom. The minimum absolute atomic E-state index is 0.142. The Hall–Kier alpha value is -2.47. The highest BCUT2D eigenvalue weighted by atomic mass is 32.1. The van der Waals surface area contributed by atoms with Gasteiger partial charge in [0.25, 0.3) is 11.8 Å². The monoisotopic (exact) mass is 410 g/mol. The molecule has 0 fully saturated rings. The molecule has 9 nitrogen and oxygen atoms in total. The lowest BCUT2D eigenvalue weighted by molar-refractivity contribution is 0.0926. The van der Waals surface area contributed by atoms with Crippen LogP contribution in [0.25, 0.3) is 0 Å². The van der Waals surface area contributed by atoms with Crippen LogP contribution < -0.4 is 21.3 Å². The maximum atomic E-state index is 12.7. The zero-order valence-electron chi connectivity index (χ0n) is 14.5. The number of hydrogen-bond donors (Lipinski definition) is 5. The number of thiophene rings is 2. The van der Waals surface area contributed by atoms with Gasteiger partial charge in [0.2, 0.25) is 0 Å². The van der Waals surface area contributed by atoms with Gasteiger partial charge in [-0.2, -0.15) is 0 Å². The Balaban J connectivity index is 1.77. The van der Waals surface area contributed by atoms with Crippen LogP contribution in [0, 0.1) is 6.92 Å². The third-order valence-electron chi connectivity index (χ3n) is 3.85. The molecule has 144 valence electrons. The summed E-state index contributed by atoms with van der Waals surface area (Å²) >= 11 is 2.40. The second-order valence-electron chi connectivity index (χ2n) is 5.55. The lowest BCUT2D eigenvalue weighted by Crippen LogP contribution is -2.32. The third-order valence-corrected chi connectivity index (χ3v) is 5.94. The van der Waals surface area contributed by atoms with E-state index in [1.54, 1.807) is 19.2 Å². The molecule has 1 unspecified atom stereocenters. The van der Waals surface area contributed by atoms with Crippen LogP contribution in [0.15, 0.2) is 11.4 Å². The first-order chi connectivity index (χ1) is 12.9. The summed E-state index contributed by atoms with van der Waals surface area (Å²) in [6, 6.07) is 1.51. The summed E-state index contributed by atoms with van der Waals surface area (Å²) in [7, 11) is 0. The molecule has 3 heterocycles. The topological polar surface area (TPSA) is 129 Å². The Labute approximate surface area is 162 Å². The van der Waals surface area contributed by atoms with E-state index in [0.29, 0.717) is 27.7 Å². The molecule has 2 aromatic rings. The van der Waals surface area contributed by atoms with Gasteiger partial charge in [-0.25, -0.2) is 4.79 Å². The molecule has 2 aromatic heterocycles. The number of anilines is 2. The van der Waals surface area contributed by atoms with Crippen molar-refractivity contribution in [3.05, 3.63) is 33.0 Å². The summed E-state index contributed by atoms with van der Waals surface area (Å²) in [5.41, 5.74) is 1.47. The summed E-state index contributed by atoms with van der Waals surface area (Å²) in [5.74, 6) is -1.05. The number of hydrogen-bond acceptors (Lipinski definition) is 9. The molecule has 0 saturated heterocycles. The first kappa shape index (κ1) is 19.3. The number of alkyl carbamates (subject to hydrolysis) is 1. The van der Waals surface area contributed by atoms with Crippen LogP contribution in [-0.4, -0.2) is 36.3 Å². The fourth-order valence-corrected chi connectivity index (χ4v) is 4.51. The fraction of sp³-hybridized carbons (Fsp3) is 0.312. The van der Waals surface area contributed by atoms with Crippen LogP contribution in [0.1, 0.15) is 44.3 Å². The SMILES string of the molecule is CCOC(=O)NC(=O)c1ccsc1NC(=O)c1sc2c(c1C)C(O)NCN2. The van der Waals surface area contributed by atoms with Gasteiger partial charge >= 0.3 is 6.09 Å². The van der Waals surface area contributed by atoms with Gasteiger partial charge in [0, 0.05) is 5.56 Å². The van der Waals surface area contributed by atoms with Gasteiger partial charge in [-0.1, -0.05) is 0 Å². The van der Waals surface area contributed by atoms with E-state index in [0.717, 1.165) is 16.3 Å². The second-order valence-corrected chi connectivity index (χ2v) is 7.49. The summed E-state index contributed by atoms with van der Waals surface area (Å²) in [5, 5.41) is 23.5. The molecule has 0 radical (unpaired) electrons. The van der Waals surface area contributed by atoms with E-state index in [9.17, 15) is 19.5 Å². The molecule has 3 rings (SSSR count). The van der Waals surface area contributed by atoms with E-state index in [4.69, 9.17) is 0 Å². The molecule has 0 bridgehead atoms. The van der Waals surface area contributed by atoms with Gasteiger partial charge in [-0.05, 0) is 30.9 Å². The van der Waals surface area contributed by atoms with Crippen molar-refractivity contribution < 1.29 is 24.2 Å². The number of carbonyl (C=O) groups excluding carboxylic acids is 3. The summed E-state index contributed by atoms with van der Waals surface area (Å²) in [6.45, 7) is 3.93. The van der Waals surface area contributed by atoms with E-state index >= 15 is 0 Å². The number of aliphatic hydroxyl groups excluding tert-OH is 1. The van der Waals surface area contributed by atoms with E-state index in [-0.39, 0.29) is 12.2 Å². The summed E-state index contributed by atoms with van der Waals surface area (Å²) in [4.78, 5) is 36.8. The van der Waals surface area contributed by atoms with Gasteiger partial charge in [0.05, 0.1) is 28.7 Å². The highest BCUT2D eigenvalue weighted by molar-refractivity contribution is 7.18. The molecule has 0 aromatic carbocycles. The summed E-state index contributed by atoms with van der Waals surface area (Å²) < 4.78 is 4.68. The van der Waals surface area contributed by atoms with Crippen molar-refractivity contribution in [2.75, 3.05) is 23.9 Å². The average Bonchev–Trinajstić information content (AvgIpc) is 3.20. The lowest BCUT2D eigenvalue weighted by Gasteiger charge is -2.21. The molecular formula is C16H18N4O5S2. The minimum Gasteiger partial charge on any atom is -0.450 e. The smallest absolute Gasteiger partial charge is 0.414 e. The molecule has 0 aliphatic carbocycles. The summed E-state index contributed by atoms with van der Waals surface area (Å²) in [6.07, 6.45) is -1.69. The first-order valence-corrected chi connectivity index (χ1v) is 9.77.